The van der Waals surface area contributed by atoms with Gasteiger partial charge in [-0.15, -0.1) is 0 Å². The third-order valence-corrected chi connectivity index (χ3v) is 4.43. The van der Waals surface area contributed by atoms with E-state index >= 15 is 0 Å². The quantitative estimate of drug-likeness (QED) is 0.840. The molecule has 3 heteroatoms. The molecule has 0 aliphatic heterocycles. The molecule has 0 bridgehead atoms. The number of benzene rings is 2. The fourth-order valence-corrected chi connectivity index (χ4v) is 3.38. The highest BCUT2D eigenvalue weighted by Gasteiger charge is 2.36. The molecule has 21 heavy (non-hydrogen) atoms. The molecule has 2 aromatic carbocycles. The summed E-state index contributed by atoms with van der Waals surface area (Å²) in [4.78, 5) is 2.24. The zero-order valence-corrected chi connectivity index (χ0v) is 13.4. The van der Waals surface area contributed by atoms with Crippen molar-refractivity contribution in [3.05, 3.63) is 64.2 Å². The minimum absolute atomic E-state index is 0.0230. The van der Waals surface area contributed by atoms with E-state index in [9.17, 15) is 0 Å². The lowest BCUT2D eigenvalue weighted by Crippen LogP contribution is -2.34. The number of hydrogen-bond donors (Lipinski definition) is 0. The fraction of sp³-hybridized carbons (Fsp3) is 0.333. The predicted molar refractivity (Wildman–Crippen MR) is 87.2 cm³/mol. The average molecular weight is 302 g/mol. The number of nitrogens with zero attached hydrogens (tertiary/aromatic N) is 1. The van der Waals surface area contributed by atoms with Gasteiger partial charge in [-0.05, 0) is 68.4 Å². The molecule has 1 aliphatic rings. The molecule has 0 amide bonds. The van der Waals surface area contributed by atoms with Crippen LogP contribution in [0.3, 0.4) is 0 Å². The van der Waals surface area contributed by atoms with Crippen LogP contribution in [-0.2, 0) is 6.42 Å². The van der Waals surface area contributed by atoms with Gasteiger partial charge in [-0.1, -0.05) is 29.8 Å². The number of aryl methyl sites for hydroxylation is 1. The minimum atomic E-state index is 0.0230. The molecule has 0 radical (unpaired) electrons. The van der Waals surface area contributed by atoms with Gasteiger partial charge in [0.25, 0.3) is 0 Å². The highest BCUT2D eigenvalue weighted by atomic mass is 35.5. The summed E-state index contributed by atoms with van der Waals surface area (Å²) < 4.78 is 6.29. The van der Waals surface area contributed by atoms with Gasteiger partial charge >= 0.3 is 0 Å². The van der Waals surface area contributed by atoms with Gasteiger partial charge in [-0.3, -0.25) is 0 Å². The highest BCUT2D eigenvalue weighted by Crippen LogP contribution is 2.40. The van der Waals surface area contributed by atoms with Gasteiger partial charge in [-0.2, -0.15) is 0 Å². The third kappa shape index (κ3) is 2.78. The van der Waals surface area contributed by atoms with Crippen molar-refractivity contribution in [3.63, 3.8) is 0 Å². The molecule has 110 valence electrons. The monoisotopic (exact) mass is 301 g/mol. The van der Waals surface area contributed by atoms with Crippen LogP contribution in [0.2, 0.25) is 5.02 Å². The van der Waals surface area contributed by atoms with E-state index in [2.05, 4.69) is 32.0 Å². The molecule has 0 saturated carbocycles. The number of likely N-dealkylation sites (N-methyl/N-ethyl adjacent to an activating group) is 1. The molecule has 0 spiro atoms. The molecule has 2 atom stereocenters. The molecule has 2 nitrogen and oxygen atoms in total. The number of para-hydroxylation sites is 1. The van der Waals surface area contributed by atoms with Crippen LogP contribution in [0.5, 0.6) is 5.75 Å². The van der Waals surface area contributed by atoms with E-state index in [4.69, 9.17) is 16.3 Å². The lowest BCUT2D eigenvalue weighted by atomic mass is 10.0. The lowest BCUT2D eigenvalue weighted by Gasteiger charge is -2.27. The standard InChI is InChI=1S/C18H20ClNO/c1-12-9-13(19)10-16-15(12)11-17(20(2)3)18(16)21-14-7-5-4-6-8-14/h4-10,17-18H,11H2,1-3H3/t17-,18-/m0/s1. The first-order chi connectivity index (χ1) is 10.1. The van der Waals surface area contributed by atoms with Gasteiger partial charge in [0, 0.05) is 5.02 Å². The van der Waals surface area contributed by atoms with E-state index in [0.29, 0.717) is 6.04 Å². The van der Waals surface area contributed by atoms with Gasteiger partial charge in [0.1, 0.15) is 11.9 Å². The summed E-state index contributed by atoms with van der Waals surface area (Å²) in [5.74, 6) is 0.903. The van der Waals surface area contributed by atoms with Crippen molar-refractivity contribution in [1.29, 1.82) is 0 Å². The van der Waals surface area contributed by atoms with E-state index in [-0.39, 0.29) is 6.10 Å². The van der Waals surface area contributed by atoms with Crippen molar-refractivity contribution < 1.29 is 4.74 Å². The maximum atomic E-state index is 6.29. The summed E-state index contributed by atoms with van der Waals surface area (Å²) in [5, 5.41) is 0.785. The molecule has 0 saturated heterocycles. The Morgan fingerprint density at radius 1 is 1.14 bits per heavy atom. The fourth-order valence-electron chi connectivity index (χ4n) is 3.10. The number of halogens is 1. The van der Waals surface area contributed by atoms with E-state index in [1.807, 2.05) is 36.4 Å². The van der Waals surface area contributed by atoms with Gasteiger partial charge in [0.05, 0.1) is 6.04 Å². The van der Waals surface area contributed by atoms with Crippen LogP contribution in [-0.4, -0.2) is 25.0 Å². The molecular weight excluding hydrogens is 282 g/mol. The van der Waals surface area contributed by atoms with E-state index in [1.54, 1.807) is 0 Å². The normalized spacial score (nSPS) is 20.6. The van der Waals surface area contributed by atoms with Crippen molar-refractivity contribution >= 4 is 11.6 Å². The number of ether oxygens (including phenoxy) is 1. The van der Waals surface area contributed by atoms with E-state index in [0.717, 1.165) is 17.2 Å². The summed E-state index contributed by atoms with van der Waals surface area (Å²) in [6, 6.07) is 14.4. The van der Waals surface area contributed by atoms with Crippen LogP contribution >= 0.6 is 11.6 Å². The Labute approximate surface area is 131 Å². The van der Waals surface area contributed by atoms with Crippen molar-refractivity contribution in [3.8, 4) is 5.75 Å². The topological polar surface area (TPSA) is 12.5 Å². The maximum Gasteiger partial charge on any atom is 0.140 e. The largest absolute Gasteiger partial charge is 0.484 e. The summed E-state index contributed by atoms with van der Waals surface area (Å²) in [6.07, 6.45) is 1.03. The second-order valence-corrected chi connectivity index (χ2v) is 6.31. The Balaban J connectivity index is 2.00. The number of hydrogen-bond acceptors (Lipinski definition) is 2. The summed E-state index contributed by atoms with van der Waals surface area (Å²) >= 11 is 6.26. The average Bonchev–Trinajstić information content (AvgIpc) is 2.79. The second-order valence-electron chi connectivity index (χ2n) is 5.88. The van der Waals surface area contributed by atoms with Crippen molar-refractivity contribution in [2.24, 2.45) is 0 Å². The first kappa shape index (κ1) is 14.4. The minimum Gasteiger partial charge on any atom is -0.484 e. The molecule has 0 N–H and O–H groups in total. The van der Waals surface area contributed by atoms with Crippen LogP contribution < -0.4 is 4.74 Å². The molecule has 1 aliphatic carbocycles. The Morgan fingerprint density at radius 3 is 2.52 bits per heavy atom. The van der Waals surface area contributed by atoms with Crippen LogP contribution in [0.4, 0.5) is 0 Å². The Kier molecular flexibility index (Phi) is 3.92. The van der Waals surface area contributed by atoms with Crippen molar-refractivity contribution in [1.82, 2.24) is 4.90 Å². The molecule has 0 fully saturated rings. The first-order valence-electron chi connectivity index (χ1n) is 7.23. The van der Waals surface area contributed by atoms with E-state index < -0.39 is 0 Å². The highest BCUT2D eigenvalue weighted by molar-refractivity contribution is 6.30. The van der Waals surface area contributed by atoms with Crippen molar-refractivity contribution in [2.45, 2.75) is 25.5 Å². The molecule has 2 aromatic rings. The number of rotatable bonds is 3. The predicted octanol–water partition coefficient (Wildman–Crippen LogP) is 4.25. The maximum absolute atomic E-state index is 6.29. The molecule has 3 rings (SSSR count). The Morgan fingerprint density at radius 2 is 1.86 bits per heavy atom. The van der Waals surface area contributed by atoms with Crippen LogP contribution in [0.15, 0.2) is 42.5 Å². The van der Waals surface area contributed by atoms with E-state index in [1.165, 1.54) is 16.7 Å². The zero-order valence-electron chi connectivity index (χ0n) is 12.6. The lowest BCUT2D eigenvalue weighted by molar-refractivity contribution is 0.111. The molecule has 0 unspecified atom stereocenters. The van der Waals surface area contributed by atoms with Gasteiger partial charge in [-0.25, -0.2) is 0 Å². The van der Waals surface area contributed by atoms with Crippen LogP contribution in [0.25, 0.3) is 0 Å². The summed E-state index contributed by atoms with van der Waals surface area (Å²) in [5.41, 5.74) is 3.85. The second kappa shape index (κ2) is 5.70. The van der Waals surface area contributed by atoms with Crippen LogP contribution in [0.1, 0.15) is 22.8 Å². The molecule has 0 aromatic heterocycles. The smallest absolute Gasteiger partial charge is 0.140 e. The van der Waals surface area contributed by atoms with Gasteiger partial charge in [0.2, 0.25) is 0 Å². The summed E-state index contributed by atoms with van der Waals surface area (Å²) in [7, 11) is 4.21. The SMILES string of the molecule is Cc1cc(Cl)cc2c1C[C@H](N(C)C)[C@H]2Oc1ccccc1. The third-order valence-electron chi connectivity index (χ3n) is 4.21. The molecule has 0 heterocycles. The van der Waals surface area contributed by atoms with Crippen LogP contribution in [0, 0.1) is 6.92 Å². The zero-order chi connectivity index (χ0) is 15.0. The van der Waals surface area contributed by atoms with Gasteiger partial charge < -0.3 is 9.64 Å². The summed E-state index contributed by atoms with van der Waals surface area (Å²) in [6.45, 7) is 2.13. The Bertz CT molecular complexity index is 639. The molecular formula is C18H20ClNO. The first-order valence-corrected chi connectivity index (χ1v) is 7.61. The Hall–Kier alpha value is -1.51. The number of fused-ring (bicyclic) bond motifs is 1. The van der Waals surface area contributed by atoms with Gasteiger partial charge in [0.15, 0.2) is 0 Å². The van der Waals surface area contributed by atoms with Crippen molar-refractivity contribution in [2.75, 3.05) is 14.1 Å².